The van der Waals surface area contributed by atoms with Gasteiger partial charge < -0.3 is 10.1 Å². The van der Waals surface area contributed by atoms with Gasteiger partial charge >= 0.3 is 5.97 Å². The number of carbonyl (C=O) groups is 1. The molecule has 1 aromatic heterocycles. The summed E-state index contributed by atoms with van der Waals surface area (Å²) in [5, 5.41) is 13.0. The number of para-hydroxylation sites is 1. The Morgan fingerprint density at radius 3 is 2.94 bits per heavy atom. The highest BCUT2D eigenvalue weighted by Crippen LogP contribution is 2.19. The molecule has 0 fully saturated rings. The van der Waals surface area contributed by atoms with E-state index in [-0.39, 0.29) is 0 Å². The molecule has 5 heteroatoms. The lowest BCUT2D eigenvalue weighted by atomic mass is 10.1. The molecule has 0 bridgehead atoms. The molecule has 0 spiro atoms. The summed E-state index contributed by atoms with van der Waals surface area (Å²) in [5.41, 5.74) is 2.51. The van der Waals surface area contributed by atoms with Crippen molar-refractivity contribution in [3.63, 3.8) is 0 Å². The van der Waals surface area contributed by atoms with Crippen molar-refractivity contribution in [3.05, 3.63) is 36.0 Å². The third-order valence-electron chi connectivity index (χ3n) is 2.72. The molecule has 4 nitrogen and oxygen atoms in total. The van der Waals surface area contributed by atoms with Gasteiger partial charge in [0.05, 0.1) is 5.45 Å². The molecule has 2 aromatic rings. The number of fused-ring (bicyclic) bond motifs is 1. The van der Waals surface area contributed by atoms with Gasteiger partial charge in [0.25, 0.3) is 0 Å². The molecule has 17 heavy (non-hydrogen) atoms. The quantitative estimate of drug-likeness (QED) is 0.585. The van der Waals surface area contributed by atoms with Crippen molar-refractivity contribution in [2.45, 2.75) is 12.5 Å². The van der Waals surface area contributed by atoms with Crippen LogP contribution in [0.15, 0.2) is 30.5 Å². The molecule has 1 atom stereocenters. The molecular formula is C12H13BrN2O2. The van der Waals surface area contributed by atoms with Crippen molar-refractivity contribution in [1.29, 1.82) is 0 Å². The number of alkyl halides is 1. The summed E-state index contributed by atoms with van der Waals surface area (Å²) in [4.78, 5) is 14.2. The zero-order valence-corrected chi connectivity index (χ0v) is 10.7. The van der Waals surface area contributed by atoms with Crippen molar-refractivity contribution in [2.75, 3.05) is 5.45 Å². The third-order valence-corrected chi connectivity index (χ3v) is 3.04. The first kappa shape index (κ1) is 12.1. The van der Waals surface area contributed by atoms with Crippen molar-refractivity contribution in [1.82, 2.24) is 10.3 Å². The maximum Gasteiger partial charge on any atom is 0.321 e. The fourth-order valence-electron chi connectivity index (χ4n) is 1.86. The highest BCUT2D eigenvalue weighted by atomic mass is 79.9. The summed E-state index contributed by atoms with van der Waals surface area (Å²) in [6.07, 6.45) is 2.33. The lowest BCUT2D eigenvalue weighted by molar-refractivity contribution is -0.139. The van der Waals surface area contributed by atoms with Crippen molar-refractivity contribution in [2.24, 2.45) is 0 Å². The van der Waals surface area contributed by atoms with E-state index < -0.39 is 12.0 Å². The molecule has 0 radical (unpaired) electrons. The minimum atomic E-state index is -0.838. The molecule has 1 aromatic carbocycles. The van der Waals surface area contributed by atoms with Crippen LogP contribution < -0.4 is 5.32 Å². The number of aliphatic carboxylic acids is 1. The predicted molar refractivity (Wildman–Crippen MR) is 70.4 cm³/mol. The normalized spacial score (nSPS) is 12.8. The molecule has 90 valence electrons. The Balaban J connectivity index is 2.25. The maximum absolute atomic E-state index is 11.1. The van der Waals surface area contributed by atoms with E-state index in [9.17, 15) is 4.79 Å². The van der Waals surface area contributed by atoms with Crippen molar-refractivity contribution < 1.29 is 9.90 Å². The smallest absolute Gasteiger partial charge is 0.321 e. The van der Waals surface area contributed by atoms with Gasteiger partial charge in [0.1, 0.15) is 6.04 Å². The number of hydrogen-bond acceptors (Lipinski definition) is 2. The van der Waals surface area contributed by atoms with Crippen molar-refractivity contribution >= 4 is 32.8 Å². The Morgan fingerprint density at radius 1 is 1.47 bits per heavy atom. The first-order valence-corrected chi connectivity index (χ1v) is 6.41. The van der Waals surface area contributed by atoms with Crippen LogP contribution in [0, 0.1) is 0 Å². The Morgan fingerprint density at radius 2 is 2.24 bits per heavy atom. The van der Waals surface area contributed by atoms with Gasteiger partial charge in [0.2, 0.25) is 0 Å². The van der Waals surface area contributed by atoms with Crippen LogP contribution in [0.4, 0.5) is 0 Å². The minimum absolute atomic E-state index is 0.463. The fourth-order valence-corrected chi connectivity index (χ4v) is 2.25. The Hall–Kier alpha value is -1.33. The number of benzene rings is 1. The first-order chi connectivity index (χ1) is 8.22. The van der Waals surface area contributed by atoms with Crippen LogP contribution in [0.2, 0.25) is 0 Å². The van der Waals surface area contributed by atoms with Gasteiger partial charge in [-0.25, -0.2) is 0 Å². The highest BCUT2D eigenvalue weighted by molar-refractivity contribution is 9.09. The van der Waals surface area contributed by atoms with Crippen LogP contribution in [-0.2, 0) is 11.2 Å². The Bertz CT molecular complexity index is 524. The standard InChI is InChI=1S/C12H13BrN2O2/c13-7-15-11(12(16)17)5-8-6-14-10-4-2-1-3-9(8)10/h1-4,6,11,14-15H,5,7H2,(H,16,17)/t11-/m0/s1. The fraction of sp³-hybridized carbons (Fsp3) is 0.250. The number of nitrogens with one attached hydrogen (secondary N) is 2. The van der Waals surface area contributed by atoms with Crippen LogP contribution in [0.1, 0.15) is 5.56 Å². The lowest BCUT2D eigenvalue weighted by Crippen LogP contribution is -2.37. The van der Waals surface area contributed by atoms with Gasteiger partial charge in [0.15, 0.2) is 0 Å². The first-order valence-electron chi connectivity index (χ1n) is 5.29. The number of halogens is 1. The SMILES string of the molecule is O=C(O)[C@H](Cc1c[nH]c2ccccc12)NCBr. The predicted octanol–water partition coefficient (Wildman–Crippen LogP) is 2.11. The molecule has 0 amide bonds. The van der Waals surface area contributed by atoms with Crippen LogP contribution in [0.3, 0.4) is 0 Å². The second-order valence-electron chi connectivity index (χ2n) is 3.79. The zero-order chi connectivity index (χ0) is 12.3. The van der Waals surface area contributed by atoms with Crippen LogP contribution in [0.25, 0.3) is 10.9 Å². The number of carboxylic acid groups (broad SMARTS) is 1. The average molecular weight is 297 g/mol. The Kier molecular flexibility index (Phi) is 3.81. The summed E-state index contributed by atoms with van der Waals surface area (Å²) < 4.78 is 0. The topological polar surface area (TPSA) is 65.1 Å². The maximum atomic E-state index is 11.1. The van der Waals surface area contributed by atoms with E-state index in [1.807, 2.05) is 30.5 Å². The monoisotopic (exact) mass is 296 g/mol. The molecule has 0 aliphatic heterocycles. The van der Waals surface area contributed by atoms with E-state index in [0.717, 1.165) is 16.5 Å². The minimum Gasteiger partial charge on any atom is -0.480 e. The highest BCUT2D eigenvalue weighted by Gasteiger charge is 2.18. The summed E-state index contributed by atoms with van der Waals surface area (Å²) in [7, 11) is 0. The second-order valence-corrected chi connectivity index (χ2v) is 4.35. The van der Waals surface area contributed by atoms with Crippen LogP contribution >= 0.6 is 15.9 Å². The number of carboxylic acids is 1. The number of H-pyrrole nitrogens is 1. The molecule has 2 rings (SSSR count). The van der Waals surface area contributed by atoms with Crippen LogP contribution in [-0.4, -0.2) is 27.6 Å². The van der Waals surface area contributed by atoms with Gasteiger partial charge in [-0.1, -0.05) is 34.1 Å². The summed E-state index contributed by atoms with van der Waals surface area (Å²) in [6.45, 7) is 0. The molecular weight excluding hydrogens is 284 g/mol. The molecule has 0 saturated heterocycles. The third kappa shape index (κ3) is 2.68. The molecule has 1 heterocycles. The van der Waals surface area contributed by atoms with E-state index in [2.05, 4.69) is 26.2 Å². The summed E-state index contributed by atoms with van der Waals surface area (Å²) in [6, 6.07) is 7.30. The Labute approximate surface area is 107 Å². The molecule has 0 aliphatic rings. The number of rotatable bonds is 5. The largest absolute Gasteiger partial charge is 0.480 e. The van der Waals surface area contributed by atoms with Crippen molar-refractivity contribution in [3.8, 4) is 0 Å². The number of aromatic amines is 1. The number of aromatic nitrogens is 1. The lowest BCUT2D eigenvalue weighted by Gasteiger charge is -2.11. The van der Waals surface area contributed by atoms with E-state index in [0.29, 0.717) is 11.9 Å². The van der Waals surface area contributed by atoms with E-state index in [1.165, 1.54) is 0 Å². The molecule has 3 N–H and O–H groups in total. The molecule has 0 aliphatic carbocycles. The van der Waals surface area contributed by atoms with Gasteiger partial charge in [-0.15, -0.1) is 0 Å². The second kappa shape index (κ2) is 5.33. The zero-order valence-electron chi connectivity index (χ0n) is 9.11. The van der Waals surface area contributed by atoms with Gasteiger partial charge in [-0.3, -0.25) is 10.1 Å². The van der Waals surface area contributed by atoms with Crippen LogP contribution in [0.5, 0.6) is 0 Å². The molecule has 0 unspecified atom stereocenters. The van der Waals surface area contributed by atoms with E-state index in [4.69, 9.17) is 5.11 Å². The molecule has 0 saturated carbocycles. The van der Waals surface area contributed by atoms with E-state index >= 15 is 0 Å². The number of hydrogen-bond donors (Lipinski definition) is 3. The summed E-state index contributed by atoms with van der Waals surface area (Å²) in [5.74, 6) is -0.838. The van der Waals surface area contributed by atoms with Gasteiger partial charge in [-0.2, -0.15) is 0 Å². The van der Waals surface area contributed by atoms with E-state index in [1.54, 1.807) is 0 Å². The van der Waals surface area contributed by atoms with Gasteiger partial charge in [0, 0.05) is 23.5 Å². The van der Waals surface area contributed by atoms with Gasteiger partial charge in [-0.05, 0) is 11.6 Å². The summed E-state index contributed by atoms with van der Waals surface area (Å²) >= 11 is 3.19. The average Bonchev–Trinajstić information content (AvgIpc) is 2.72.